The summed E-state index contributed by atoms with van der Waals surface area (Å²) >= 11 is 0. The van der Waals surface area contributed by atoms with E-state index in [2.05, 4.69) is 15.1 Å². The lowest BCUT2D eigenvalue weighted by atomic mass is 9.72. The van der Waals surface area contributed by atoms with Crippen LogP contribution in [-0.4, -0.2) is 54.9 Å². The number of fused-ring (bicyclic) bond motifs is 1. The molecule has 0 radical (unpaired) electrons. The number of aryl methyl sites for hydroxylation is 1. The summed E-state index contributed by atoms with van der Waals surface area (Å²) in [7, 11) is 3.58. The van der Waals surface area contributed by atoms with E-state index in [0.717, 1.165) is 60.9 Å². The van der Waals surface area contributed by atoms with E-state index in [1.54, 1.807) is 25.7 Å². The van der Waals surface area contributed by atoms with Gasteiger partial charge in [-0.3, -0.25) is 13.9 Å². The largest absolute Gasteiger partial charge is 0.418 e. The number of methoxy groups -OCH3 is 1. The quantitative estimate of drug-likeness (QED) is 0.308. The first-order chi connectivity index (χ1) is 19.7. The summed E-state index contributed by atoms with van der Waals surface area (Å²) in [5.41, 5.74) is 0.429. The van der Waals surface area contributed by atoms with E-state index in [1.807, 2.05) is 29.8 Å². The van der Waals surface area contributed by atoms with Crippen molar-refractivity contribution in [2.75, 3.05) is 20.2 Å². The fourth-order valence-electron chi connectivity index (χ4n) is 6.36. The molecule has 0 amide bonds. The summed E-state index contributed by atoms with van der Waals surface area (Å²) in [5, 5.41) is 8.43. The van der Waals surface area contributed by atoms with Crippen LogP contribution in [0.15, 0.2) is 53.8 Å². The van der Waals surface area contributed by atoms with Crippen molar-refractivity contribution in [2.45, 2.75) is 63.3 Å². The molecule has 6 rings (SSSR count). The van der Waals surface area contributed by atoms with Gasteiger partial charge < -0.3 is 9.30 Å². The first-order valence-electron chi connectivity index (χ1n) is 14.3. The van der Waals surface area contributed by atoms with Crippen LogP contribution in [0.25, 0.3) is 11.2 Å². The molecule has 41 heavy (non-hydrogen) atoms. The van der Waals surface area contributed by atoms with Crippen LogP contribution in [-0.2, 0) is 24.5 Å². The SMILES string of the molecule is COC1CCCCN(Cc2cc(C(F)(F)F)c3cn(-c4cccc([C@H](c5nncn5C)C5CCC5)c4)c(=O)n3c2)C1. The summed E-state index contributed by atoms with van der Waals surface area (Å²) in [4.78, 5) is 15.8. The van der Waals surface area contributed by atoms with Crippen molar-refractivity contribution >= 4 is 5.52 Å². The lowest BCUT2D eigenvalue weighted by molar-refractivity contribution is -0.136. The molecule has 1 unspecified atom stereocenters. The van der Waals surface area contributed by atoms with E-state index < -0.39 is 17.4 Å². The van der Waals surface area contributed by atoms with E-state index in [-0.39, 0.29) is 17.5 Å². The number of halogens is 3. The zero-order valence-electron chi connectivity index (χ0n) is 23.3. The number of nitrogens with zero attached hydrogens (tertiary/aromatic N) is 6. The Morgan fingerprint density at radius 2 is 1.93 bits per heavy atom. The third-order valence-corrected chi connectivity index (χ3v) is 8.73. The van der Waals surface area contributed by atoms with E-state index >= 15 is 0 Å². The molecule has 3 aromatic heterocycles. The minimum absolute atomic E-state index is 0.00850. The monoisotopic (exact) mass is 568 g/mol. The molecule has 218 valence electrons. The van der Waals surface area contributed by atoms with Gasteiger partial charge in [-0.25, -0.2) is 4.79 Å². The van der Waals surface area contributed by atoms with Crippen LogP contribution in [0.2, 0.25) is 0 Å². The minimum Gasteiger partial charge on any atom is -0.380 e. The highest BCUT2D eigenvalue weighted by atomic mass is 19.4. The van der Waals surface area contributed by atoms with Gasteiger partial charge in [0, 0.05) is 45.6 Å². The Hall–Kier alpha value is -3.44. The van der Waals surface area contributed by atoms with Gasteiger partial charge in [0.25, 0.3) is 0 Å². The third-order valence-electron chi connectivity index (χ3n) is 8.73. The standard InChI is InChI=1S/C30H35F3N6O2/c1-36-19-34-35-28(36)27(21-7-5-8-21)22-9-6-10-23(14-22)38-18-26-25(30(31,32)33)13-20(16-39(26)29(38)40)15-37-12-4-3-11-24(17-37)41-2/h6,9-10,13-14,16,18-19,21,24,27H,3-5,7-8,11-12,15,17H2,1-2H3/t24?,27-/m1/s1. The van der Waals surface area contributed by atoms with Crippen molar-refractivity contribution in [3.8, 4) is 5.69 Å². The molecular weight excluding hydrogens is 533 g/mol. The topological polar surface area (TPSA) is 69.6 Å². The Morgan fingerprint density at radius 1 is 1.10 bits per heavy atom. The molecule has 8 nitrogen and oxygen atoms in total. The number of ether oxygens (including phenoxy) is 1. The number of hydrogen-bond donors (Lipinski definition) is 0. The van der Waals surface area contributed by atoms with Gasteiger partial charge in [0.05, 0.1) is 22.9 Å². The zero-order valence-corrected chi connectivity index (χ0v) is 23.3. The van der Waals surface area contributed by atoms with Crippen molar-refractivity contribution in [1.29, 1.82) is 0 Å². The summed E-state index contributed by atoms with van der Waals surface area (Å²) in [5.74, 6) is 1.23. The van der Waals surface area contributed by atoms with Gasteiger partial charge in [-0.05, 0) is 73.9 Å². The maximum atomic E-state index is 14.3. The van der Waals surface area contributed by atoms with Crippen LogP contribution in [0.5, 0.6) is 0 Å². The second kappa shape index (κ2) is 11.1. The molecule has 11 heteroatoms. The predicted octanol–water partition coefficient (Wildman–Crippen LogP) is 5.17. The molecule has 1 aliphatic heterocycles. The molecule has 1 aliphatic carbocycles. The highest BCUT2D eigenvalue weighted by Crippen LogP contribution is 2.43. The molecule has 2 aliphatic rings. The van der Waals surface area contributed by atoms with E-state index in [4.69, 9.17) is 4.74 Å². The van der Waals surface area contributed by atoms with E-state index in [9.17, 15) is 18.0 Å². The molecule has 4 aromatic rings. The molecule has 1 saturated carbocycles. The first-order valence-corrected chi connectivity index (χ1v) is 14.3. The van der Waals surface area contributed by atoms with Gasteiger partial charge in [0.15, 0.2) is 0 Å². The second-order valence-corrected chi connectivity index (χ2v) is 11.4. The number of aromatic nitrogens is 5. The highest BCUT2D eigenvalue weighted by Gasteiger charge is 2.35. The summed E-state index contributed by atoms with van der Waals surface area (Å²) in [6.45, 7) is 1.73. The smallest absolute Gasteiger partial charge is 0.380 e. The van der Waals surface area contributed by atoms with Crippen molar-refractivity contribution in [3.63, 3.8) is 0 Å². The van der Waals surface area contributed by atoms with Crippen LogP contribution < -0.4 is 5.69 Å². The molecule has 4 heterocycles. The first kappa shape index (κ1) is 27.7. The number of hydrogen-bond acceptors (Lipinski definition) is 5. The lowest BCUT2D eigenvalue weighted by Crippen LogP contribution is -2.32. The fourth-order valence-corrected chi connectivity index (χ4v) is 6.36. The average Bonchev–Trinajstić information content (AvgIpc) is 3.40. The Bertz CT molecular complexity index is 1590. The molecule has 0 spiro atoms. The minimum atomic E-state index is -4.61. The average molecular weight is 569 g/mol. The summed E-state index contributed by atoms with van der Waals surface area (Å²) in [6.07, 6.45) is 6.15. The second-order valence-electron chi connectivity index (χ2n) is 11.4. The molecule has 0 bridgehead atoms. The Morgan fingerprint density at radius 3 is 2.61 bits per heavy atom. The number of likely N-dealkylation sites (tertiary alicyclic amines) is 1. The number of benzene rings is 1. The highest BCUT2D eigenvalue weighted by molar-refractivity contribution is 5.58. The number of alkyl halides is 3. The Balaban J connectivity index is 1.40. The van der Waals surface area contributed by atoms with Gasteiger partial charge >= 0.3 is 11.9 Å². The molecule has 0 N–H and O–H groups in total. The van der Waals surface area contributed by atoms with Gasteiger partial charge in [0.1, 0.15) is 12.2 Å². The van der Waals surface area contributed by atoms with Gasteiger partial charge in [-0.1, -0.05) is 18.6 Å². The maximum absolute atomic E-state index is 14.3. The van der Waals surface area contributed by atoms with Crippen LogP contribution in [0, 0.1) is 5.92 Å². The maximum Gasteiger partial charge on any atom is 0.418 e. The van der Waals surface area contributed by atoms with Crippen molar-refractivity contribution in [3.05, 3.63) is 82.1 Å². The molecule has 1 aromatic carbocycles. The summed E-state index contributed by atoms with van der Waals surface area (Å²) in [6, 6.07) is 8.69. The predicted molar refractivity (Wildman–Crippen MR) is 148 cm³/mol. The molecule has 2 atom stereocenters. The fraction of sp³-hybridized carbons (Fsp3) is 0.500. The lowest BCUT2D eigenvalue weighted by Gasteiger charge is -2.33. The van der Waals surface area contributed by atoms with Crippen molar-refractivity contribution < 1.29 is 17.9 Å². The normalized spacial score (nSPS) is 19.8. The Labute approximate surface area is 236 Å². The Kier molecular flexibility index (Phi) is 7.50. The number of rotatable bonds is 7. The van der Waals surface area contributed by atoms with Crippen LogP contribution in [0.3, 0.4) is 0 Å². The van der Waals surface area contributed by atoms with Gasteiger partial charge in [-0.15, -0.1) is 10.2 Å². The van der Waals surface area contributed by atoms with Crippen molar-refractivity contribution in [2.24, 2.45) is 13.0 Å². The molecule has 2 fully saturated rings. The zero-order chi connectivity index (χ0) is 28.7. The van der Waals surface area contributed by atoms with Crippen LogP contribution in [0.4, 0.5) is 13.2 Å². The van der Waals surface area contributed by atoms with E-state index in [0.29, 0.717) is 30.3 Å². The van der Waals surface area contributed by atoms with Crippen LogP contribution >= 0.6 is 0 Å². The third kappa shape index (κ3) is 5.44. The van der Waals surface area contributed by atoms with E-state index in [1.165, 1.54) is 16.8 Å². The molecular formula is C30H35F3N6O2. The van der Waals surface area contributed by atoms with Gasteiger partial charge in [0.2, 0.25) is 0 Å². The number of pyridine rings is 1. The number of imidazole rings is 1. The molecule has 1 saturated heterocycles. The van der Waals surface area contributed by atoms with Gasteiger partial charge in [-0.2, -0.15) is 13.2 Å². The van der Waals surface area contributed by atoms with Crippen molar-refractivity contribution in [1.82, 2.24) is 28.6 Å². The van der Waals surface area contributed by atoms with Crippen LogP contribution in [0.1, 0.15) is 67.0 Å². The summed E-state index contributed by atoms with van der Waals surface area (Å²) < 4.78 is 52.9.